The van der Waals surface area contributed by atoms with E-state index in [4.69, 9.17) is 0 Å². The number of halogens is 1. The molecule has 1 aromatic rings. The first-order valence-electron chi connectivity index (χ1n) is 6.48. The lowest BCUT2D eigenvalue weighted by Gasteiger charge is -2.28. The maximum Gasteiger partial charge on any atom is 0.229 e. The van der Waals surface area contributed by atoms with Gasteiger partial charge in [-0.15, -0.1) is 12.4 Å². The molecule has 1 unspecified atom stereocenters. The molecule has 0 spiro atoms. The lowest BCUT2D eigenvalue weighted by molar-refractivity contribution is -0.138. The van der Waals surface area contributed by atoms with Crippen LogP contribution in [0.1, 0.15) is 19.0 Å². The normalized spacial score (nSPS) is 21.8. The molecule has 1 amide bonds. The Kier molecular flexibility index (Phi) is 5.76. The minimum absolute atomic E-state index is 0. The fourth-order valence-corrected chi connectivity index (χ4v) is 2.39. The van der Waals surface area contributed by atoms with Gasteiger partial charge in [-0.2, -0.15) is 0 Å². The summed E-state index contributed by atoms with van der Waals surface area (Å²) in [6, 6.07) is 5.88. The summed E-state index contributed by atoms with van der Waals surface area (Å²) < 4.78 is 0. The summed E-state index contributed by atoms with van der Waals surface area (Å²) >= 11 is 0. The Morgan fingerprint density at radius 2 is 2.32 bits per heavy atom. The first-order valence-corrected chi connectivity index (χ1v) is 6.48. The van der Waals surface area contributed by atoms with Crippen molar-refractivity contribution in [2.45, 2.75) is 19.8 Å². The molecule has 1 aromatic heterocycles. The van der Waals surface area contributed by atoms with E-state index in [9.17, 15) is 4.79 Å². The summed E-state index contributed by atoms with van der Waals surface area (Å²) in [5.74, 6) is 0.239. The highest BCUT2D eigenvalue weighted by molar-refractivity contribution is 5.85. The highest BCUT2D eigenvalue weighted by Crippen LogP contribution is 2.26. The second-order valence-electron chi connectivity index (χ2n) is 5.29. The number of likely N-dealkylation sites (N-methyl/N-ethyl adjacent to an activating group) is 1. The summed E-state index contributed by atoms with van der Waals surface area (Å²) in [6.45, 7) is 4.51. The van der Waals surface area contributed by atoms with Crippen LogP contribution in [0.3, 0.4) is 0 Å². The van der Waals surface area contributed by atoms with Crippen LogP contribution in [0, 0.1) is 5.41 Å². The van der Waals surface area contributed by atoms with E-state index >= 15 is 0 Å². The number of hydrogen-bond acceptors (Lipinski definition) is 3. The molecular weight excluding hydrogens is 262 g/mol. The molecule has 0 aromatic carbocycles. The quantitative estimate of drug-likeness (QED) is 0.911. The molecule has 19 heavy (non-hydrogen) atoms. The molecule has 1 aliphatic rings. The van der Waals surface area contributed by atoms with E-state index in [2.05, 4.69) is 10.3 Å². The van der Waals surface area contributed by atoms with Gasteiger partial charge in [-0.25, -0.2) is 0 Å². The molecule has 5 heteroatoms. The van der Waals surface area contributed by atoms with Crippen molar-refractivity contribution in [2.75, 3.05) is 26.7 Å². The molecule has 0 bridgehead atoms. The SMILES string of the molecule is CN(CCc1ccccn1)C(=O)C1(C)CCNC1.Cl. The lowest BCUT2D eigenvalue weighted by atomic mass is 9.88. The number of rotatable bonds is 4. The van der Waals surface area contributed by atoms with Gasteiger partial charge in [-0.3, -0.25) is 9.78 Å². The average Bonchev–Trinajstić information content (AvgIpc) is 2.84. The zero-order chi connectivity index (χ0) is 13.0. The first-order chi connectivity index (χ1) is 8.62. The molecule has 0 radical (unpaired) electrons. The van der Waals surface area contributed by atoms with E-state index in [1.54, 1.807) is 6.20 Å². The number of pyridine rings is 1. The van der Waals surface area contributed by atoms with Gasteiger partial charge in [0.2, 0.25) is 5.91 Å². The summed E-state index contributed by atoms with van der Waals surface area (Å²) in [7, 11) is 1.88. The molecule has 0 saturated carbocycles. The van der Waals surface area contributed by atoms with E-state index in [1.807, 2.05) is 37.1 Å². The predicted octanol–water partition coefficient (Wildman–Crippen LogP) is 1.50. The fourth-order valence-electron chi connectivity index (χ4n) is 2.39. The Morgan fingerprint density at radius 3 is 2.89 bits per heavy atom. The van der Waals surface area contributed by atoms with Gasteiger partial charge >= 0.3 is 0 Å². The highest BCUT2D eigenvalue weighted by Gasteiger charge is 2.37. The van der Waals surface area contributed by atoms with Crippen molar-refractivity contribution in [3.63, 3.8) is 0 Å². The van der Waals surface area contributed by atoms with Gasteiger partial charge in [0.15, 0.2) is 0 Å². The average molecular weight is 284 g/mol. The molecule has 106 valence electrons. The number of nitrogens with one attached hydrogen (secondary N) is 1. The minimum atomic E-state index is -0.223. The topological polar surface area (TPSA) is 45.2 Å². The number of nitrogens with zero attached hydrogens (tertiary/aromatic N) is 2. The van der Waals surface area contributed by atoms with Crippen LogP contribution in [0.4, 0.5) is 0 Å². The van der Waals surface area contributed by atoms with Crippen LogP contribution < -0.4 is 5.32 Å². The zero-order valence-corrected chi connectivity index (χ0v) is 12.4. The third kappa shape index (κ3) is 3.91. The highest BCUT2D eigenvalue weighted by atomic mass is 35.5. The molecule has 1 aliphatic heterocycles. The number of amides is 1. The Morgan fingerprint density at radius 1 is 1.53 bits per heavy atom. The molecule has 1 fully saturated rings. The van der Waals surface area contributed by atoms with Crippen molar-refractivity contribution in [1.29, 1.82) is 0 Å². The van der Waals surface area contributed by atoms with Gasteiger partial charge in [0.05, 0.1) is 5.41 Å². The van der Waals surface area contributed by atoms with Crippen LogP contribution >= 0.6 is 12.4 Å². The van der Waals surface area contributed by atoms with Crippen molar-refractivity contribution < 1.29 is 4.79 Å². The minimum Gasteiger partial charge on any atom is -0.345 e. The first kappa shape index (κ1) is 15.9. The van der Waals surface area contributed by atoms with Gasteiger partial charge in [-0.1, -0.05) is 6.07 Å². The summed E-state index contributed by atoms with van der Waals surface area (Å²) in [6.07, 6.45) is 3.53. The Labute approximate surface area is 121 Å². The smallest absolute Gasteiger partial charge is 0.229 e. The Hall–Kier alpha value is -1.13. The number of carbonyl (C=O) groups excluding carboxylic acids is 1. The molecule has 1 saturated heterocycles. The van der Waals surface area contributed by atoms with E-state index < -0.39 is 0 Å². The monoisotopic (exact) mass is 283 g/mol. The second kappa shape index (κ2) is 6.87. The second-order valence-corrected chi connectivity index (χ2v) is 5.29. The van der Waals surface area contributed by atoms with Crippen LogP contribution in [-0.4, -0.2) is 42.5 Å². The maximum absolute atomic E-state index is 12.4. The van der Waals surface area contributed by atoms with E-state index in [0.717, 1.165) is 38.2 Å². The Balaban J connectivity index is 0.00000180. The van der Waals surface area contributed by atoms with Gasteiger partial charge in [0, 0.05) is 38.4 Å². The third-order valence-electron chi connectivity index (χ3n) is 3.66. The van der Waals surface area contributed by atoms with E-state index in [-0.39, 0.29) is 23.7 Å². The standard InChI is InChI=1S/C14H21N3O.ClH/c1-14(7-9-15-11-14)13(18)17(2)10-6-12-5-3-4-8-16-12;/h3-5,8,15H,6-7,9-11H2,1-2H3;1H. The van der Waals surface area contributed by atoms with Crippen molar-refractivity contribution in [3.05, 3.63) is 30.1 Å². The number of hydrogen-bond donors (Lipinski definition) is 1. The fraction of sp³-hybridized carbons (Fsp3) is 0.571. The number of carbonyl (C=O) groups is 1. The maximum atomic E-state index is 12.4. The lowest BCUT2D eigenvalue weighted by Crippen LogP contribution is -2.42. The van der Waals surface area contributed by atoms with Crippen molar-refractivity contribution >= 4 is 18.3 Å². The third-order valence-corrected chi connectivity index (χ3v) is 3.66. The van der Waals surface area contributed by atoms with Gasteiger partial charge < -0.3 is 10.2 Å². The van der Waals surface area contributed by atoms with E-state index in [1.165, 1.54) is 0 Å². The van der Waals surface area contributed by atoms with Crippen LogP contribution in [0.25, 0.3) is 0 Å². The van der Waals surface area contributed by atoms with Gasteiger partial charge in [0.1, 0.15) is 0 Å². The summed E-state index contributed by atoms with van der Waals surface area (Å²) in [5, 5.41) is 3.26. The van der Waals surface area contributed by atoms with Crippen molar-refractivity contribution in [1.82, 2.24) is 15.2 Å². The van der Waals surface area contributed by atoms with Gasteiger partial charge in [-0.05, 0) is 32.0 Å². The zero-order valence-electron chi connectivity index (χ0n) is 11.6. The predicted molar refractivity (Wildman–Crippen MR) is 78.4 cm³/mol. The number of aromatic nitrogens is 1. The molecular formula is C14H22ClN3O. The van der Waals surface area contributed by atoms with Crippen molar-refractivity contribution in [3.8, 4) is 0 Å². The van der Waals surface area contributed by atoms with Crippen LogP contribution in [-0.2, 0) is 11.2 Å². The molecule has 1 N–H and O–H groups in total. The van der Waals surface area contributed by atoms with Crippen molar-refractivity contribution in [2.24, 2.45) is 5.41 Å². The van der Waals surface area contributed by atoms with Gasteiger partial charge in [0.25, 0.3) is 0 Å². The summed E-state index contributed by atoms with van der Waals surface area (Å²) in [4.78, 5) is 18.5. The largest absolute Gasteiger partial charge is 0.345 e. The molecule has 4 nitrogen and oxygen atoms in total. The molecule has 2 rings (SSSR count). The molecule has 1 atom stereocenters. The van der Waals surface area contributed by atoms with Crippen LogP contribution in [0.2, 0.25) is 0 Å². The van der Waals surface area contributed by atoms with Crippen LogP contribution in [0.5, 0.6) is 0 Å². The Bertz CT molecular complexity index is 404. The summed E-state index contributed by atoms with van der Waals surface area (Å²) in [5.41, 5.74) is 0.811. The molecule has 0 aliphatic carbocycles. The molecule has 2 heterocycles. The van der Waals surface area contributed by atoms with Crippen LogP contribution in [0.15, 0.2) is 24.4 Å². The van der Waals surface area contributed by atoms with E-state index in [0.29, 0.717) is 0 Å².